The molecule has 138 valence electrons. The van der Waals surface area contributed by atoms with Crippen molar-refractivity contribution < 1.29 is 27.6 Å². The fraction of sp³-hybridized carbons (Fsp3) is 0.533. The third-order valence-corrected chi connectivity index (χ3v) is 5.92. The van der Waals surface area contributed by atoms with E-state index in [4.69, 9.17) is 0 Å². The highest BCUT2D eigenvalue weighted by Crippen LogP contribution is 2.52. The molecule has 7 nitrogen and oxygen atoms in total. The number of amides is 3. The SMILES string of the molecule is O=C(CCN1C(=O)[C@H]2[C@H](C1=O)[C@H]1C=C[C@H]2C1)Nc1nnc(C(F)(F)F)s1. The van der Waals surface area contributed by atoms with Gasteiger partial charge in [-0.15, -0.1) is 10.2 Å². The first kappa shape index (κ1) is 17.1. The summed E-state index contributed by atoms with van der Waals surface area (Å²) >= 11 is 0.215. The standard InChI is InChI=1S/C15H13F3N4O3S/c16-15(17,18)13-20-21-14(26-13)19-8(23)3-4-22-11(24)9-6-1-2-7(5-6)10(9)12(22)25/h1-2,6-7,9-10H,3-5H2,(H,19,21,23)/t6-,7-,9+,10+/m0/s1. The third-order valence-electron chi connectivity index (χ3n) is 5.04. The molecule has 1 aromatic rings. The zero-order valence-corrected chi connectivity index (χ0v) is 14.0. The average Bonchev–Trinajstić information content (AvgIpc) is 3.30. The molecule has 3 amide bonds. The highest BCUT2D eigenvalue weighted by Gasteiger charge is 2.59. The van der Waals surface area contributed by atoms with Crippen LogP contribution in [0.15, 0.2) is 12.2 Å². The molecule has 1 saturated heterocycles. The number of rotatable bonds is 4. The number of allylic oxidation sites excluding steroid dienone is 2. The van der Waals surface area contributed by atoms with Gasteiger partial charge in [0.1, 0.15) is 0 Å². The van der Waals surface area contributed by atoms with Crippen molar-refractivity contribution in [2.45, 2.75) is 19.0 Å². The number of fused-ring (bicyclic) bond motifs is 5. The first-order valence-corrected chi connectivity index (χ1v) is 8.81. The molecule has 2 aliphatic carbocycles. The summed E-state index contributed by atoms with van der Waals surface area (Å²) in [6, 6.07) is 0. The van der Waals surface area contributed by atoms with Crippen molar-refractivity contribution in [3.8, 4) is 0 Å². The van der Waals surface area contributed by atoms with Crippen molar-refractivity contribution in [2.24, 2.45) is 23.7 Å². The van der Waals surface area contributed by atoms with Gasteiger partial charge < -0.3 is 5.32 Å². The zero-order valence-electron chi connectivity index (χ0n) is 13.2. The highest BCUT2D eigenvalue weighted by molar-refractivity contribution is 7.15. The summed E-state index contributed by atoms with van der Waals surface area (Å²) in [5.74, 6) is -1.66. The van der Waals surface area contributed by atoms with E-state index in [2.05, 4.69) is 15.5 Å². The van der Waals surface area contributed by atoms with Crippen LogP contribution < -0.4 is 5.32 Å². The predicted octanol–water partition coefficient (Wildman–Crippen LogP) is 1.69. The van der Waals surface area contributed by atoms with Crippen molar-refractivity contribution in [3.63, 3.8) is 0 Å². The molecular formula is C15H13F3N4O3S. The molecule has 0 radical (unpaired) electrons. The van der Waals surface area contributed by atoms with Crippen LogP contribution in [0.4, 0.5) is 18.3 Å². The summed E-state index contributed by atoms with van der Waals surface area (Å²) in [4.78, 5) is 37.9. The van der Waals surface area contributed by atoms with Crippen molar-refractivity contribution in [1.29, 1.82) is 0 Å². The Hall–Kier alpha value is -2.30. The van der Waals surface area contributed by atoms with Crippen molar-refractivity contribution >= 4 is 34.2 Å². The molecule has 1 aromatic heterocycles. The highest BCUT2D eigenvalue weighted by atomic mass is 32.1. The number of alkyl halides is 3. The monoisotopic (exact) mass is 386 g/mol. The number of nitrogens with zero attached hydrogens (tertiary/aromatic N) is 3. The Morgan fingerprint density at radius 3 is 2.35 bits per heavy atom. The summed E-state index contributed by atoms with van der Waals surface area (Å²) in [6.45, 7) is -0.0964. The van der Waals surface area contributed by atoms with Gasteiger partial charge in [0.05, 0.1) is 11.8 Å². The first-order chi connectivity index (χ1) is 12.3. The fourth-order valence-corrected chi connectivity index (χ4v) is 4.59. The van der Waals surface area contributed by atoms with Crippen LogP contribution in [0.1, 0.15) is 17.8 Å². The number of carbonyl (C=O) groups excluding carboxylic acids is 3. The quantitative estimate of drug-likeness (QED) is 0.628. The Balaban J connectivity index is 1.35. The van der Waals surface area contributed by atoms with E-state index in [0.717, 1.165) is 11.3 Å². The molecule has 4 atom stereocenters. The number of anilines is 1. The molecule has 0 spiro atoms. The van der Waals surface area contributed by atoms with Crippen LogP contribution in [0.5, 0.6) is 0 Å². The van der Waals surface area contributed by atoms with E-state index in [9.17, 15) is 27.6 Å². The molecule has 2 fully saturated rings. The van der Waals surface area contributed by atoms with E-state index in [1.807, 2.05) is 12.2 Å². The number of hydrogen-bond donors (Lipinski definition) is 1. The molecule has 11 heteroatoms. The number of likely N-dealkylation sites (tertiary alicyclic amines) is 1. The van der Waals surface area contributed by atoms with Crippen LogP contribution in [0.3, 0.4) is 0 Å². The summed E-state index contributed by atoms with van der Waals surface area (Å²) in [5.41, 5.74) is 0. The second-order valence-electron chi connectivity index (χ2n) is 6.54. The van der Waals surface area contributed by atoms with Gasteiger partial charge in [-0.3, -0.25) is 19.3 Å². The summed E-state index contributed by atoms with van der Waals surface area (Å²) < 4.78 is 37.4. The molecule has 26 heavy (non-hydrogen) atoms. The molecule has 1 saturated carbocycles. The molecule has 0 aromatic carbocycles. The summed E-state index contributed by atoms with van der Waals surface area (Å²) in [6.07, 6.45) is -0.0671. The van der Waals surface area contributed by atoms with Crippen LogP contribution in [0.2, 0.25) is 0 Å². The van der Waals surface area contributed by atoms with Crippen molar-refractivity contribution in [3.05, 3.63) is 17.2 Å². The molecule has 4 rings (SSSR count). The predicted molar refractivity (Wildman–Crippen MR) is 82.6 cm³/mol. The van der Waals surface area contributed by atoms with Crippen molar-refractivity contribution in [1.82, 2.24) is 15.1 Å². The second kappa shape index (κ2) is 5.86. The maximum Gasteiger partial charge on any atom is 0.445 e. The van der Waals surface area contributed by atoms with E-state index in [1.54, 1.807) is 0 Å². The fourth-order valence-electron chi connectivity index (χ4n) is 3.97. The second-order valence-corrected chi connectivity index (χ2v) is 7.51. The van der Waals surface area contributed by atoms with Crippen LogP contribution in [0.25, 0.3) is 0 Å². The lowest BCUT2D eigenvalue weighted by atomic mass is 9.85. The van der Waals surface area contributed by atoms with Crippen LogP contribution in [-0.4, -0.2) is 39.4 Å². The maximum absolute atomic E-state index is 12.5. The summed E-state index contributed by atoms with van der Waals surface area (Å²) in [5, 5.41) is 7.01. The molecular weight excluding hydrogens is 373 g/mol. The lowest BCUT2D eigenvalue weighted by molar-refractivity contribution is -0.141. The maximum atomic E-state index is 12.5. The van der Waals surface area contributed by atoms with Gasteiger partial charge in [0.15, 0.2) is 0 Å². The number of nitrogens with one attached hydrogen (secondary N) is 1. The van der Waals surface area contributed by atoms with Gasteiger partial charge in [-0.2, -0.15) is 13.2 Å². The van der Waals surface area contributed by atoms with Gasteiger partial charge in [0, 0.05) is 13.0 Å². The molecule has 3 aliphatic rings. The smallest absolute Gasteiger partial charge is 0.300 e. The third kappa shape index (κ3) is 2.70. The van der Waals surface area contributed by atoms with E-state index < -0.39 is 17.1 Å². The lowest BCUT2D eigenvalue weighted by Gasteiger charge is -2.16. The van der Waals surface area contributed by atoms with E-state index in [0.29, 0.717) is 0 Å². The Labute approximate surface area is 149 Å². The van der Waals surface area contributed by atoms with Crippen molar-refractivity contribution in [2.75, 3.05) is 11.9 Å². The van der Waals surface area contributed by atoms with Crippen LogP contribution in [0, 0.1) is 23.7 Å². The minimum absolute atomic E-state index is 0.0856. The van der Waals surface area contributed by atoms with Crippen LogP contribution in [-0.2, 0) is 20.6 Å². The van der Waals surface area contributed by atoms with E-state index in [-0.39, 0.29) is 64.9 Å². The first-order valence-electron chi connectivity index (χ1n) is 8.00. The Morgan fingerprint density at radius 2 is 1.81 bits per heavy atom. The average molecular weight is 386 g/mol. The van der Waals surface area contributed by atoms with Gasteiger partial charge >= 0.3 is 6.18 Å². The minimum atomic E-state index is -4.62. The van der Waals surface area contributed by atoms with Gasteiger partial charge in [0.2, 0.25) is 27.9 Å². The number of carbonyl (C=O) groups is 3. The number of halogens is 3. The minimum Gasteiger partial charge on any atom is -0.300 e. The Kier molecular flexibility index (Phi) is 3.86. The molecule has 1 N–H and O–H groups in total. The van der Waals surface area contributed by atoms with Gasteiger partial charge in [-0.25, -0.2) is 0 Å². The number of imide groups is 1. The molecule has 2 bridgehead atoms. The van der Waals surface area contributed by atoms with Gasteiger partial charge in [0.25, 0.3) is 0 Å². The van der Waals surface area contributed by atoms with E-state index >= 15 is 0 Å². The molecule has 0 unspecified atom stereocenters. The van der Waals surface area contributed by atoms with Gasteiger partial charge in [-0.1, -0.05) is 23.5 Å². The Bertz CT molecular complexity index is 791. The van der Waals surface area contributed by atoms with E-state index in [1.165, 1.54) is 0 Å². The Morgan fingerprint density at radius 1 is 1.19 bits per heavy atom. The van der Waals surface area contributed by atoms with Gasteiger partial charge in [-0.05, 0) is 18.3 Å². The molecule has 1 aliphatic heterocycles. The number of aromatic nitrogens is 2. The normalized spacial score (nSPS) is 29.6. The number of hydrogen-bond acceptors (Lipinski definition) is 6. The zero-order chi connectivity index (χ0) is 18.6. The summed E-state index contributed by atoms with van der Waals surface area (Å²) in [7, 11) is 0. The topological polar surface area (TPSA) is 92.3 Å². The lowest BCUT2D eigenvalue weighted by Crippen LogP contribution is -2.35. The largest absolute Gasteiger partial charge is 0.445 e. The van der Waals surface area contributed by atoms with Crippen LogP contribution >= 0.6 is 11.3 Å². The molecule has 2 heterocycles.